The molecule has 0 aromatic heterocycles. The van der Waals surface area contributed by atoms with Gasteiger partial charge < -0.3 is 4.90 Å². The highest BCUT2D eigenvalue weighted by Crippen LogP contribution is 2.17. The number of nitrogens with zero attached hydrogens (tertiary/aromatic N) is 1. The molecule has 0 saturated heterocycles. The van der Waals surface area contributed by atoms with Gasteiger partial charge in [-0.15, -0.1) is 0 Å². The van der Waals surface area contributed by atoms with E-state index in [1.165, 1.54) is 5.57 Å². The van der Waals surface area contributed by atoms with Gasteiger partial charge >= 0.3 is 0 Å². The van der Waals surface area contributed by atoms with E-state index in [0.29, 0.717) is 12.3 Å². The predicted molar refractivity (Wildman–Crippen MR) is 54.4 cm³/mol. The third kappa shape index (κ3) is 2.58. The average molecular weight is 181 g/mol. The maximum Gasteiger partial charge on any atom is 0.222 e. The van der Waals surface area contributed by atoms with Crippen LogP contribution in [0.4, 0.5) is 0 Å². The topological polar surface area (TPSA) is 20.3 Å². The van der Waals surface area contributed by atoms with E-state index in [4.69, 9.17) is 0 Å². The summed E-state index contributed by atoms with van der Waals surface area (Å²) in [5.74, 6) is 0.860. The summed E-state index contributed by atoms with van der Waals surface area (Å²) in [6, 6.07) is 0. The summed E-state index contributed by atoms with van der Waals surface area (Å²) in [6.45, 7) is 8.06. The van der Waals surface area contributed by atoms with Crippen molar-refractivity contribution < 1.29 is 4.79 Å². The van der Waals surface area contributed by atoms with Crippen LogP contribution in [-0.2, 0) is 4.79 Å². The lowest BCUT2D eigenvalue weighted by Gasteiger charge is -2.28. The minimum Gasteiger partial charge on any atom is -0.338 e. The highest BCUT2D eigenvalue weighted by Gasteiger charge is 2.17. The third-order valence-corrected chi connectivity index (χ3v) is 2.58. The lowest BCUT2D eigenvalue weighted by molar-refractivity contribution is -0.130. The zero-order valence-corrected chi connectivity index (χ0v) is 8.84. The highest BCUT2D eigenvalue weighted by molar-refractivity contribution is 5.76. The fourth-order valence-corrected chi connectivity index (χ4v) is 1.62. The van der Waals surface area contributed by atoms with Crippen molar-refractivity contribution in [1.82, 2.24) is 4.90 Å². The largest absolute Gasteiger partial charge is 0.338 e. The van der Waals surface area contributed by atoms with Gasteiger partial charge in [-0.2, -0.15) is 0 Å². The summed E-state index contributed by atoms with van der Waals surface area (Å²) in [5.41, 5.74) is 1.41. The van der Waals surface area contributed by atoms with Gasteiger partial charge in [-0.25, -0.2) is 0 Å². The molecule has 0 aromatic carbocycles. The molecule has 1 aliphatic heterocycles. The van der Waals surface area contributed by atoms with E-state index in [1.807, 2.05) is 11.8 Å². The molecule has 0 atom stereocenters. The van der Waals surface area contributed by atoms with Crippen molar-refractivity contribution in [2.24, 2.45) is 5.92 Å². The van der Waals surface area contributed by atoms with Crippen LogP contribution >= 0.6 is 0 Å². The maximum atomic E-state index is 11.4. The molecule has 0 fully saturated rings. The summed E-state index contributed by atoms with van der Waals surface area (Å²) >= 11 is 0. The molecule has 1 amide bonds. The number of carbonyl (C=O) groups excluding carboxylic acids is 1. The standard InChI is InChI=1S/C11H19NO/c1-4-11(13)12-7-5-6-10(8-12)9(2)3/h6,9H,4-5,7-8H2,1-3H3. The van der Waals surface area contributed by atoms with Crippen molar-refractivity contribution in [1.29, 1.82) is 0 Å². The molecule has 13 heavy (non-hydrogen) atoms. The minimum absolute atomic E-state index is 0.284. The molecule has 0 N–H and O–H groups in total. The molecule has 0 aromatic rings. The van der Waals surface area contributed by atoms with Gasteiger partial charge in [0.1, 0.15) is 0 Å². The fraction of sp³-hybridized carbons (Fsp3) is 0.727. The number of hydrogen-bond acceptors (Lipinski definition) is 1. The second kappa shape index (κ2) is 4.45. The van der Waals surface area contributed by atoms with E-state index < -0.39 is 0 Å². The van der Waals surface area contributed by atoms with Gasteiger partial charge in [0.2, 0.25) is 5.91 Å². The van der Waals surface area contributed by atoms with Gasteiger partial charge in [-0.05, 0) is 12.3 Å². The van der Waals surface area contributed by atoms with Crippen molar-refractivity contribution in [3.05, 3.63) is 11.6 Å². The maximum absolute atomic E-state index is 11.4. The van der Waals surface area contributed by atoms with Crippen molar-refractivity contribution in [2.45, 2.75) is 33.6 Å². The summed E-state index contributed by atoms with van der Waals surface area (Å²) in [7, 11) is 0. The van der Waals surface area contributed by atoms with Gasteiger partial charge in [-0.1, -0.05) is 32.4 Å². The van der Waals surface area contributed by atoms with Crippen molar-refractivity contribution in [3.8, 4) is 0 Å². The lowest BCUT2D eigenvalue weighted by Crippen LogP contribution is -2.36. The number of carbonyl (C=O) groups is 1. The first-order valence-electron chi connectivity index (χ1n) is 5.11. The molecule has 0 bridgehead atoms. The Hall–Kier alpha value is -0.790. The number of amides is 1. The van der Waals surface area contributed by atoms with Gasteiger partial charge in [0.05, 0.1) is 0 Å². The molecule has 0 saturated carbocycles. The van der Waals surface area contributed by atoms with Crippen molar-refractivity contribution >= 4 is 5.91 Å². The molecule has 0 spiro atoms. The predicted octanol–water partition coefficient (Wildman–Crippen LogP) is 2.21. The van der Waals surface area contributed by atoms with Crippen LogP contribution < -0.4 is 0 Å². The first-order valence-corrected chi connectivity index (χ1v) is 5.11. The van der Waals surface area contributed by atoms with E-state index in [2.05, 4.69) is 19.9 Å². The molecule has 2 heteroatoms. The van der Waals surface area contributed by atoms with Gasteiger partial charge in [0.25, 0.3) is 0 Å². The van der Waals surface area contributed by atoms with Gasteiger partial charge in [0, 0.05) is 19.5 Å². The molecule has 1 rings (SSSR count). The Labute approximate surface area is 80.6 Å². The van der Waals surface area contributed by atoms with E-state index in [1.54, 1.807) is 0 Å². The van der Waals surface area contributed by atoms with Crippen molar-refractivity contribution in [2.75, 3.05) is 13.1 Å². The van der Waals surface area contributed by atoms with Crippen LogP contribution in [0.5, 0.6) is 0 Å². The van der Waals surface area contributed by atoms with Gasteiger partial charge in [-0.3, -0.25) is 4.79 Å². The average Bonchev–Trinajstić information content (AvgIpc) is 2.17. The molecule has 0 radical (unpaired) electrons. The minimum atomic E-state index is 0.284. The smallest absolute Gasteiger partial charge is 0.222 e. The Bertz CT molecular complexity index is 218. The highest BCUT2D eigenvalue weighted by atomic mass is 16.2. The normalized spacial score (nSPS) is 17.5. The Kier molecular flexibility index (Phi) is 3.52. The second-order valence-corrected chi connectivity index (χ2v) is 3.89. The monoisotopic (exact) mass is 181 g/mol. The summed E-state index contributed by atoms with van der Waals surface area (Å²) < 4.78 is 0. The Morgan fingerprint density at radius 3 is 2.85 bits per heavy atom. The van der Waals surface area contributed by atoms with Crippen LogP contribution in [0, 0.1) is 5.92 Å². The van der Waals surface area contributed by atoms with Crippen LogP contribution in [0.2, 0.25) is 0 Å². The van der Waals surface area contributed by atoms with Crippen LogP contribution in [0.3, 0.4) is 0 Å². The second-order valence-electron chi connectivity index (χ2n) is 3.89. The van der Waals surface area contributed by atoms with Crippen LogP contribution in [0.15, 0.2) is 11.6 Å². The number of hydrogen-bond donors (Lipinski definition) is 0. The summed E-state index contributed by atoms with van der Waals surface area (Å²) in [5, 5.41) is 0. The Morgan fingerprint density at radius 2 is 2.31 bits per heavy atom. The molecule has 0 unspecified atom stereocenters. The molecule has 2 nitrogen and oxygen atoms in total. The molecular formula is C11H19NO. The van der Waals surface area contributed by atoms with Gasteiger partial charge in [0.15, 0.2) is 0 Å². The number of rotatable bonds is 2. The molecule has 1 aliphatic rings. The third-order valence-electron chi connectivity index (χ3n) is 2.58. The Morgan fingerprint density at radius 1 is 1.62 bits per heavy atom. The van der Waals surface area contributed by atoms with Crippen LogP contribution in [0.1, 0.15) is 33.6 Å². The van der Waals surface area contributed by atoms with E-state index in [0.717, 1.165) is 19.5 Å². The quantitative estimate of drug-likeness (QED) is 0.598. The zero-order valence-electron chi connectivity index (χ0n) is 8.84. The van der Waals surface area contributed by atoms with E-state index in [9.17, 15) is 4.79 Å². The Balaban J connectivity index is 2.57. The van der Waals surface area contributed by atoms with Crippen molar-refractivity contribution in [3.63, 3.8) is 0 Å². The first-order chi connectivity index (χ1) is 6.15. The first kappa shape index (κ1) is 10.3. The lowest BCUT2D eigenvalue weighted by atomic mass is 9.98. The van der Waals surface area contributed by atoms with E-state index in [-0.39, 0.29) is 5.91 Å². The van der Waals surface area contributed by atoms with E-state index >= 15 is 0 Å². The van der Waals surface area contributed by atoms with Crippen LogP contribution in [-0.4, -0.2) is 23.9 Å². The molecular weight excluding hydrogens is 162 g/mol. The molecule has 74 valence electrons. The van der Waals surface area contributed by atoms with Crippen LogP contribution in [0.25, 0.3) is 0 Å². The summed E-state index contributed by atoms with van der Waals surface area (Å²) in [6.07, 6.45) is 3.94. The molecule has 1 heterocycles. The SMILES string of the molecule is CCC(=O)N1CCC=C(C(C)C)C1. The summed E-state index contributed by atoms with van der Waals surface area (Å²) in [4.78, 5) is 13.4. The molecule has 0 aliphatic carbocycles. The zero-order chi connectivity index (χ0) is 9.84. The fourth-order valence-electron chi connectivity index (χ4n) is 1.62.